The Morgan fingerprint density at radius 3 is 2.83 bits per heavy atom. The third kappa shape index (κ3) is 3.65. The van der Waals surface area contributed by atoms with Crippen LogP contribution in [-0.2, 0) is 4.79 Å². The van der Waals surface area contributed by atoms with Gasteiger partial charge in [-0.25, -0.2) is 0 Å². The van der Waals surface area contributed by atoms with Crippen molar-refractivity contribution in [2.75, 3.05) is 27.2 Å². The van der Waals surface area contributed by atoms with Gasteiger partial charge in [0.15, 0.2) is 11.5 Å². The van der Waals surface area contributed by atoms with Crippen molar-refractivity contribution in [1.29, 1.82) is 0 Å². The second kappa shape index (κ2) is 7.02. The Morgan fingerprint density at radius 2 is 2.13 bits per heavy atom. The van der Waals surface area contributed by atoms with Crippen molar-refractivity contribution in [2.24, 2.45) is 0 Å². The summed E-state index contributed by atoms with van der Waals surface area (Å²) in [5.41, 5.74) is 1.20. The van der Waals surface area contributed by atoms with Crippen LogP contribution in [0.5, 0.6) is 11.5 Å². The molecular formula is C17H20N2O3S. The van der Waals surface area contributed by atoms with E-state index >= 15 is 0 Å². The predicted octanol–water partition coefficient (Wildman–Crippen LogP) is 2.31. The van der Waals surface area contributed by atoms with Crippen LogP contribution in [0, 0.1) is 0 Å². The van der Waals surface area contributed by atoms with Gasteiger partial charge in [-0.3, -0.25) is 4.79 Å². The maximum absolute atomic E-state index is 12.4. The molecule has 2 heterocycles. The quantitative estimate of drug-likeness (QED) is 0.913. The van der Waals surface area contributed by atoms with Gasteiger partial charge in [-0.1, -0.05) is 12.1 Å². The Balaban J connectivity index is 1.59. The van der Waals surface area contributed by atoms with Crippen molar-refractivity contribution in [1.82, 2.24) is 10.2 Å². The van der Waals surface area contributed by atoms with Gasteiger partial charge in [-0.05, 0) is 48.6 Å². The van der Waals surface area contributed by atoms with Crippen LogP contribution in [-0.4, -0.2) is 44.2 Å². The number of para-hydroxylation sites is 2. The fraction of sp³-hybridized carbons (Fsp3) is 0.353. The number of carbonyl (C=O) groups excluding carboxylic acids is 1. The summed E-state index contributed by atoms with van der Waals surface area (Å²) in [7, 11) is 4.01. The summed E-state index contributed by atoms with van der Waals surface area (Å²) in [6.07, 6.45) is -0.616. The summed E-state index contributed by atoms with van der Waals surface area (Å²) in [5.74, 6) is 1.14. The first-order valence-corrected chi connectivity index (χ1v) is 8.44. The number of carbonyl (C=O) groups is 1. The average Bonchev–Trinajstić information content (AvgIpc) is 3.08. The Hall–Kier alpha value is -2.05. The molecule has 1 aromatic carbocycles. The molecule has 0 saturated carbocycles. The second-order valence-electron chi connectivity index (χ2n) is 5.65. The molecule has 1 aromatic heterocycles. The van der Waals surface area contributed by atoms with Crippen molar-refractivity contribution in [3.8, 4) is 11.5 Å². The molecule has 0 fully saturated rings. The minimum absolute atomic E-state index is 0.141. The number of nitrogens with zero attached hydrogens (tertiary/aromatic N) is 1. The van der Waals surface area contributed by atoms with E-state index in [2.05, 4.69) is 21.7 Å². The van der Waals surface area contributed by atoms with E-state index in [1.54, 1.807) is 11.3 Å². The number of fused-ring (bicyclic) bond motifs is 1. The fourth-order valence-electron chi connectivity index (χ4n) is 2.52. The fourth-order valence-corrected chi connectivity index (χ4v) is 3.23. The van der Waals surface area contributed by atoms with Crippen molar-refractivity contribution >= 4 is 17.2 Å². The van der Waals surface area contributed by atoms with Gasteiger partial charge >= 0.3 is 0 Å². The lowest BCUT2D eigenvalue weighted by molar-refractivity contribution is -0.130. The zero-order valence-electron chi connectivity index (χ0n) is 13.2. The molecule has 2 aromatic rings. The summed E-state index contributed by atoms with van der Waals surface area (Å²) in [5, 5.41) is 7.12. The summed E-state index contributed by atoms with van der Waals surface area (Å²) in [6.45, 7) is 0.762. The van der Waals surface area contributed by atoms with Gasteiger partial charge in [0.2, 0.25) is 6.10 Å². The second-order valence-corrected chi connectivity index (χ2v) is 6.43. The molecule has 1 N–H and O–H groups in total. The van der Waals surface area contributed by atoms with Gasteiger partial charge in [0, 0.05) is 6.54 Å². The summed E-state index contributed by atoms with van der Waals surface area (Å²) in [4.78, 5) is 14.5. The maximum Gasteiger partial charge on any atom is 0.264 e. The van der Waals surface area contributed by atoms with Crippen molar-refractivity contribution < 1.29 is 14.3 Å². The van der Waals surface area contributed by atoms with Gasteiger partial charge in [0.05, 0.1) is 6.04 Å². The number of nitrogens with one attached hydrogen (secondary N) is 1. The molecule has 2 atom stereocenters. The van der Waals surface area contributed by atoms with E-state index in [-0.39, 0.29) is 18.6 Å². The number of hydrogen-bond donors (Lipinski definition) is 1. The van der Waals surface area contributed by atoms with Crippen LogP contribution in [0.2, 0.25) is 0 Å². The number of amides is 1. The number of ether oxygens (including phenoxy) is 2. The number of benzene rings is 1. The number of hydrogen-bond acceptors (Lipinski definition) is 5. The van der Waals surface area contributed by atoms with E-state index in [1.807, 2.05) is 43.7 Å². The lowest BCUT2D eigenvalue weighted by atomic mass is 10.1. The SMILES string of the molecule is CN(C)[C@H](CNC(=O)[C@H]1COc2ccccc2O1)c1ccsc1. The minimum atomic E-state index is -0.616. The van der Waals surface area contributed by atoms with E-state index < -0.39 is 6.10 Å². The molecule has 6 heteroatoms. The topological polar surface area (TPSA) is 50.8 Å². The first-order chi connectivity index (χ1) is 11.1. The van der Waals surface area contributed by atoms with Crippen LogP contribution in [0.25, 0.3) is 0 Å². The highest BCUT2D eigenvalue weighted by Crippen LogP contribution is 2.30. The molecule has 122 valence electrons. The first kappa shape index (κ1) is 15.8. The molecule has 1 aliphatic heterocycles. The van der Waals surface area contributed by atoms with Crippen LogP contribution in [0.4, 0.5) is 0 Å². The molecule has 23 heavy (non-hydrogen) atoms. The largest absolute Gasteiger partial charge is 0.485 e. The van der Waals surface area contributed by atoms with Gasteiger partial charge in [-0.2, -0.15) is 11.3 Å². The summed E-state index contributed by atoms with van der Waals surface area (Å²) < 4.78 is 11.3. The molecule has 3 rings (SSSR count). The van der Waals surface area contributed by atoms with E-state index in [0.717, 1.165) is 0 Å². The Bertz CT molecular complexity index is 658. The normalized spacial score (nSPS) is 17.8. The molecule has 0 saturated heterocycles. The molecule has 0 unspecified atom stereocenters. The number of thiophene rings is 1. The minimum Gasteiger partial charge on any atom is -0.485 e. The van der Waals surface area contributed by atoms with Crippen molar-refractivity contribution in [3.63, 3.8) is 0 Å². The zero-order valence-corrected chi connectivity index (χ0v) is 14.0. The molecule has 0 spiro atoms. The average molecular weight is 332 g/mol. The highest BCUT2D eigenvalue weighted by molar-refractivity contribution is 7.07. The standard InChI is InChI=1S/C17H20N2O3S/c1-19(2)13(12-7-8-23-11-12)9-18-17(20)16-10-21-14-5-3-4-6-15(14)22-16/h3-8,11,13,16H,9-10H2,1-2H3,(H,18,20)/t13-,16-/m1/s1. The number of likely N-dealkylation sites (N-methyl/N-ethyl adjacent to an activating group) is 1. The van der Waals surface area contributed by atoms with E-state index in [0.29, 0.717) is 18.0 Å². The molecule has 1 amide bonds. The third-order valence-electron chi connectivity index (χ3n) is 3.82. The Labute approximate surface area is 139 Å². The van der Waals surface area contributed by atoms with Crippen LogP contribution >= 0.6 is 11.3 Å². The van der Waals surface area contributed by atoms with Gasteiger partial charge in [0.1, 0.15) is 6.61 Å². The zero-order chi connectivity index (χ0) is 16.2. The van der Waals surface area contributed by atoms with Crippen LogP contribution in [0.1, 0.15) is 11.6 Å². The molecule has 5 nitrogen and oxygen atoms in total. The summed E-state index contributed by atoms with van der Waals surface area (Å²) >= 11 is 1.66. The molecule has 0 aliphatic carbocycles. The van der Waals surface area contributed by atoms with Crippen molar-refractivity contribution in [3.05, 3.63) is 46.7 Å². The van der Waals surface area contributed by atoms with Crippen molar-refractivity contribution in [2.45, 2.75) is 12.1 Å². The van der Waals surface area contributed by atoms with Crippen LogP contribution in [0.15, 0.2) is 41.1 Å². The molecule has 0 bridgehead atoms. The lowest BCUT2D eigenvalue weighted by Gasteiger charge is -2.28. The predicted molar refractivity (Wildman–Crippen MR) is 90.1 cm³/mol. The van der Waals surface area contributed by atoms with Crippen LogP contribution < -0.4 is 14.8 Å². The Morgan fingerprint density at radius 1 is 1.35 bits per heavy atom. The maximum atomic E-state index is 12.4. The van der Waals surface area contributed by atoms with E-state index in [1.165, 1.54) is 5.56 Å². The van der Waals surface area contributed by atoms with Gasteiger partial charge in [-0.15, -0.1) is 0 Å². The highest BCUT2D eigenvalue weighted by Gasteiger charge is 2.28. The highest BCUT2D eigenvalue weighted by atomic mass is 32.1. The first-order valence-electron chi connectivity index (χ1n) is 7.50. The lowest BCUT2D eigenvalue weighted by Crippen LogP contribution is -2.46. The third-order valence-corrected chi connectivity index (χ3v) is 4.52. The van der Waals surface area contributed by atoms with Crippen LogP contribution in [0.3, 0.4) is 0 Å². The summed E-state index contributed by atoms with van der Waals surface area (Å²) in [6, 6.07) is 9.61. The molecular weight excluding hydrogens is 312 g/mol. The monoisotopic (exact) mass is 332 g/mol. The van der Waals surface area contributed by atoms with Gasteiger partial charge < -0.3 is 19.7 Å². The van der Waals surface area contributed by atoms with E-state index in [9.17, 15) is 4.79 Å². The van der Waals surface area contributed by atoms with Gasteiger partial charge in [0.25, 0.3) is 5.91 Å². The smallest absolute Gasteiger partial charge is 0.264 e. The number of rotatable bonds is 5. The van der Waals surface area contributed by atoms with E-state index in [4.69, 9.17) is 9.47 Å². The Kier molecular flexibility index (Phi) is 4.83. The molecule has 0 radical (unpaired) electrons. The molecule has 1 aliphatic rings.